The molecule has 9 heteroatoms. The lowest BCUT2D eigenvalue weighted by Gasteiger charge is -2.28. The fourth-order valence-electron chi connectivity index (χ4n) is 4.38. The van der Waals surface area contributed by atoms with Gasteiger partial charge in [-0.1, -0.05) is 42.5 Å². The maximum Gasteiger partial charge on any atom is 0.254 e. The van der Waals surface area contributed by atoms with E-state index in [1.54, 1.807) is 36.1 Å². The Kier molecular flexibility index (Phi) is 7.04. The fourth-order valence-corrected chi connectivity index (χ4v) is 4.38. The first-order valence-electron chi connectivity index (χ1n) is 12.2. The van der Waals surface area contributed by atoms with E-state index in [-0.39, 0.29) is 18.3 Å². The van der Waals surface area contributed by atoms with Crippen molar-refractivity contribution in [2.45, 2.75) is 19.9 Å². The molecule has 1 fully saturated rings. The molecule has 0 aliphatic carbocycles. The molecule has 0 unspecified atom stereocenters. The van der Waals surface area contributed by atoms with Crippen molar-refractivity contribution in [3.8, 4) is 0 Å². The largest absolute Gasteiger partial charge is 0.378 e. The van der Waals surface area contributed by atoms with Crippen molar-refractivity contribution in [3.05, 3.63) is 89.5 Å². The molecular formula is C28H27N5O4. The first kappa shape index (κ1) is 24.3. The second kappa shape index (κ2) is 10.7. The van der Waals surface area contributed by atoms with E-state index in [2.05, 4.69) is 15.2 Å². The Morgan fingerprint density at radius 2 is 1.76 bits per heavy atom. The maximum absolute atomic E-state index is 13.5. The number of ketones is 1. The highest BCUT2D eigenvalue weighted by Gasteiger charge is 2.24. The molecule has 37 heavy (non-hydrogen) atoms. The average molecular weight is 498 g/mol. The van der Waals surface area contributed by atoms with Gasteiger partial charge in [-0.25, -0.2) is 4.98 Å². The summed E-state index contributed by atoms with van der Waals surface area (Å²) in [5.74, 6) is -0.517. The van der Waals surface area contributed by atoms with Crippen molar-refractivity contribution >= 4 is 34.1 Å². The van der Waals surface area contributed by atoms with Crippen LogP contribution in [-0.2, 0) is 16.1 Å². The molecule has 0 radical (unpaired) electrons. The Morgan fingerprint density at radius 1 is 0.973 bits per heavy atom. The zero-order chi connectivity index (χ0) is 25.8. The number of rotatable bonds is 7. The lowest BCUT2D eigenvalue weighted by Crippen LogP contribution is -2.40. The molecular weight excluding hydrogens is 470 g/mol. The second-order valence-electron chi connectivity index (χ2n) is 8.96. The first-order chi connectivity index (χ1) is 18.0. The molecule has 2 amide bonds. The molecule has 5 rings (SSSR count). The molecule has 3 aromatic carbocycles. The molecule has 0 spiro atoms. The van der Waals surface area contributed by atoms with Crippen LogP contribution in [0.5, 0.6) is 0 Å². The van der Waals surface area contributed by atoms with Gasteiger partial charge in [-0.05, 0) is 47.5 Å². The summed E-state index contributed by atoms with van der Waals surface area (Å²) in [5.41, 5.74) is 1.92. The number of fused-ring (bicyclic) bond motifs is 1. The number of hydrogen-bond acceptors (Lipinski definition) is 6. The standard InChI is InChI=1S/C28H27N5O4/c1-19-29-27(31-30-19)25(34)17-26(35)33(18-20-9-10-21-5-2-3-6-22(21)15-20)24-8-4-7-23(16-24)28(36)32-11-13-37-14-12-32/h2-10,15-16H,11-14,17-18H2,1H3,(H,29,30,31). The van der Waals surface area contributed by atoms with Gasteiger partial charge in [0.25, 0.3) is 5.91 Å². The summed E-state index contributed by atoms with van der Waals surface area (Å²) in [5, 5.41) is 8.67. The highest BCUT2D eigenvalue weighted by atomic mass is 16.5. The zero-order valence-electron chi connectivity index (χ0n) is 20.5. The van der Waals surface area contributed by atoms with Gasteiger partial charge in [-0.3, -0.25) is 19.5 Å². The number of anilines is 1. The summed E-state index contributed by atoms with van der Waals surface area (Å²) in [7, 11) is 0. The third-order valence-corrected chi connectivity index (χ3v) is 6.32. The normalized spacial score (nSPS) is 13.5. The minimum Gasteiger partial charge on any atom is -0.378 e. The number of aryl methyl sites for hydroxylation is 1. The van der Waals surface area contributed by atoms with E-state index in [1.807, 2.05) is 42.5 Å². The van der Waals surface area contributed by atoms with Gasteiger partial charge in [0.15, 0.2) is 0 Å². The van der Waals surface area contributed by atoms with Crippen LogP contribution >= 0.6 is 0 Å². The van der Waals surface area contributed by atoms with Crippen molar-refractivity contribution in [1.82, 2.24) is 20.1 Å². The zero-order valence-corrected chi connectivity index (χ0v) is 20.5. The highest BCUT2D eigenvalue weighted by molar-refractivity contribution is 6.10. The van der Waals surface area contributed by atoms with Crippen LogP contribution < -0.4 is 4.90 Å². The van der Waals surface area contributed by atoms with Gasteiger partial charge in [0, 0.05) is 24.3 Å². The third kappa shape index (κ3) is 5.57. The average Bonchev–Trinajstić information content (AvgIpc) is 3.38. The number of carbonyl (C=O) groups is 3. The van der Waals surface area contributed by atoms with Gasteiger partial charge in [-0.2, -0.15) is 5.10 Å². The van der Waals surface area contributed by atoms with E-state index < -0.39 is 18.1 Å². The molecule has 188 valence electrons. The van der Waals surface area contributed by atoms with Crippen LogP contribution in [0.3, 0.4) is 0 Å². The lowest BCUT2D eigenvalue weighted by molar-refractivity contribution is -0.117. The number of H-pyrrole nitrogens is 1. The topological polar surface area (TPSA) is 108 Å². The molecule has 4 aromatic rings. The number of amides is 2. The van der Waals surface area contributed by atoms with Crippen LogP contribution in [0, 0.1) is 6.92 Å². The van der Waals surface area contributed by atoms with Crippen LogP contribution in [0.2, 0.25) is 0 Å². The van der Waals surface area contributed by atoms with Crippen molar-refractivity contribution < 1.29 is 19.1 Å². The Morgan fingerprint density at radius 3 is 2.51 bits per heavy atom. The van der Waals surface area contributed by atoms with Crippen LogP contribution in [0.1, 0.15) is 38.8 Å². The predicted molar refractivity (Wildman–Crippen MR) is 138 cm³/mol. The number of ether oxygens (including phenoxy) is 1. The molecule has 1 aliphatic heterocycles. The quantitative estimate of drug-likeness (QED) is 0.309. The van der Waals surface area contributed by atoms with Crippen molar-refractivity contribution in [1.29, 1.82) is 0 Å². The minimum atomic E-state index is -0.474. The van der Waals surface area contributed by atoms with E-state index in [9.17, 15) is 14.4 Å². The predicted octanol–water partition coefficient (Wildman–Crippen LogP) is 3.54. The smallest absolute Gasteiger partial charge is 0.254 e. The number of nitrogens with one attached hydrogen (secondary N) is 1. The van der Waals surface area contributed by atoms with Crippen molar-refractivity contribution in [2.75, 3.05) is 31.2 Å². The highest BCUT2D eigenvalue weighted by Crippen LogP contribution is 2.24. The SMILES string of the molecule is Cc1nc(C(=O)CC(=O)N(Cc2ccc3ccccc3c2)c2cccc(C(=O)N3CCOCC3)c2)n[nH]1. The van der Waals surface area contributed by atoms with Gasteiger partial charge in [0.05, 0.1) is 26.2 Å². The molecule has 1 saturated heterocycles. The summed E-state index contributed by atoms with van der Waals surface area (Å²) in [6.45, 7) is 3.97. The molecule has 0 saturated carbocycles. The van der Waals surface area contributed by atoms with Crippen molar-refractivity contribution in [2.24, 2.45) is 0 Å². The number of Topliss-reactive ketones (excluding diaryl/α,β-unsaturated/α-hetero) is 1. The summed E-state index contributed by atoms with van der Waals surface area (Å²) in [4.78, 5) is 46.7. The second-order valence-corrected chi connectivity index (χ2v) is 8.96. The Labute approximate surface area is 214 Å². The van der Waals surface area contributed by atoms with Gasteiger partial charge in [0.1, 0.15) is 5.82 Å². The third-order valence-electron chi connectivity index (χ3n) is 6.32. The number of aromatic nitrogens is 3. The van der Waals surface area contributed by atoms with E-state index in [1.165, 1.54) is 4.90 Å². The number of carbonyl (C=O) groups excluding carboxylic acids is 3. The maximum atomic E-state index is 13.5. The van der Waals surface area contributed by atoms with E-state index >= 15 is 0 Å². The van der Waals surface area contributed by atoms with Crippen LogP contribution in [0.15, 0.2) is 66.7 Å². The summed E-state index contributed by atoms with van der Waals surface area (Å²) < 4.78 is 5.36. The van der Waals surface area contributed by atoms with Gasteiger partial charge in [-0.15, -0.1) is 0 Å². The number of morpholine rings is 1. The summed E-state index contributed by atoms with van der Waals surface area (Å²) in [6.07, 6.45) is -0.396. The van der Waals surface area contributed by atoms with Gasteiger partial charge >= 0.3 is 0 Å². The number of nitrogens with zero attached hydrogens (tertiary/aromatic N) is 4. The van der Waals surface area contributed by atoms with Crippen LogP contribution in [0.4, 0.5) is 5.69 Å². The van der Waals surface area contributed by atoms with Gasteiger partial charge in [0.2, 0.25) is 17.5 Å². The van der Waals surface area contributed by atoms with Crippen LogP contribution in [0.25, 0.3) is 10.8 Å². The molecule has 2 heterocycles. The number of benzene rings is 3. The summed E-state index contributed by atoms with van der Waals surface area (Å²) >= 11 is 0. The monoisotopic (exact) mass is 497 g/mol. The van der Waals surface area contributed by atoms with Gasteiger partial charge < -0.3 is 14.5 Å². The number of aromatic amines is 1. The molecule has 0 bridgehead atoms. The first-order valence-corrected chi connectivity index (χ1v) is 12.2. The molecule has 0 atom stereocenters. The van der Waals surface area contributed by atoms with Crippen molar-refractivity contribution in [3.63, 3.8) is 0 Å². The Hall–Kier alpha value is -4.37. The minimum absolute atomic E-state index is 0.0206. The fraction of sp³-hybridized carbons (Fsp3) is 0.250. The lowest BCUT2D eigenvalue weighted by atomic mass is 10.1. The Bertz CT molecular complexity index is 1460. The van der Waals surface area contributed by atoms with Crippen LogP contribution in [-0.4, -0.2) is 64.0 Å². The summed E-state index contributed by atoms with van der Waals surface area (Å²) in [6, 6.07) is 21.0. The molecule has 1 aromatic heterocycles. The van der Waals surface area contributed by atoms with E-state index in [4.69, 9.17) is 4.74 Å². The molecule has 1 aliphatic rings. The van der Waals surface area contributed by atoms with E-state index in [0.717, 1.165) is 16.3 Å². The number of hydrogen-bond donors (Lipinski definition) is 1. The van der Waals surface area contributed by atoms with E-state index in [0.29, 0.717) is 43.4 Å². The Balaban J connectivity index is 1.45. The molecule has 1 N–H and O–H groups in total. The molecule has 9 nitrogen and oxygen atoms in total.